The smallest absolute Gasteiger partial charge is 0.307 e. The molecule has 0 spiro atoms. The SMILES string of the molecule is COC(=O)CCN1C(=O)CNC1c1ccccc1C. The highest BCUT2D eigenvalue weighted by Crippen LogP contribution is 2.25. The first-order valence-electron chi connectivity index (χ1n) is 6.28. The third kappa shape index (κ3) is 2.93. The van der Waals surface area contributed by atoms with Crippen molar-refractivity contribution in [2.75, 3.05) is 20.2 Å². The van der Waals surface area contributed by atoms with Crippen molar-refractivity contribution in [1.82, 2.24) is 10.2 Å². The van der Waals surface area contributed by atoms with Crippen LogP contribution >= 0.6 is 0 Å². The zero-order chi connectivity index (χ0) is 13.8. The summed E-state index contributed by atoms with van der Waals surface area (Å²) in [6, 6.07) is 7.93. The summed E-state index contributed by atoms with van der Waals surface area (Å²) in [6.45, 7) is 2.69. The second-order valence-corrected chi connectivity index (χ2v) is 4.55. The largest absolute Gasteiger partial charge is 0.469 e. The van der Waals surface area contributed by atoms with Crippen LogP contribution in [0.3, 0.4) is 0 Å². The molecular weight excluding hydrogens is 244 g/mol. The van der Waals surface area contributed by atoms with Gasteiger partial charge in [-0.1, -0.05) is 24.3 Å². The van der Waals surface area contributed by atoms with Crippen molar-refractivity contribution < 1.29 is 14.3 Å². The van der Waals surface area contributed by atoms with Crippen LogP contribution in [-0.4, -0.2) is 37.0 Å². The van der Waals surface area contributed by atoms with E-state index in [-0.39, 0.29) is 24.5 Å². The van der Waals surface area contributed by atoms with Gasteiger partial charge in [0.15, 0.2) is 0 Å². The lowest BCUT2D eigenvalue weighted by molar-refractivity contribution is -0.141. The van der Waals surface area contributed by atoms with Crippen molar-refractivity contribution in [1.29, 1.82) is 0 Å². The molecule has 1 aliphatic rings. The minimum Gasteiger partial charge on any atom is -0.469 e. The third-order valence-corrected chi connectivity index (χ3v) is 3.35. The Morgan fingerprint density at radius 3 is 2.89 bits per heavy atom. The van der Waals surface area contributed by atoms with Crippen LogP contribution in [-0.2, 0) is 14.3 Å². The van der Waals surface area contributed by atoms with Crippen LogP contribution in [0.25, 0.3) is 0 Å². The molecule has 1 atom stereocenters. The Kier molecular flexibility index (Phi) is 4.16. The molecule has 0 aromatic heterocycles. The number of aryl methyl sites for hydroxylation is 1. The van der Waals surface area contributed by atoms with Crippen molar-refractivity contribution >= 4 is 11.9 Å². The summed E-state index contributed by atoms with van der Waals surface area (Å²) >= 11 is 0. The van der Waals surface area contributed by atoms with Crippen molar-refractivity contribution in [3.05, 3.63) is 35.4 Å². The molecular formula is C14H18N2O3. The van der Waals surface area contributed by atoms with E-state index in [1.54, 1.807) is 4.90 Å². The molecule has 2 rings (SSSR count). The number of rotatable bonds is 4. The molecule has 1 N–H and O–H groups in total. The summed E-state index contributed by atoms with van der Waals surface area (Å²) in [5.74, 6) is -0.291. The summed E-state index contributed by atoms with van der Waals surface area (Å²) in [7, 11) is 1.35. The monoisotopic (exact) mass is 262 g/mol. The highest BCUT2D eigenvalue weighted by molar-refractivity contribution is 5.81. The second kappa shape index (κ2) is 5.84. The predicted octanol–water partition coefficient (Wildman–Crippen LogP) is 0.989. The van der Waals surface area contributed by atoms with Crippen LogP contribution < -0.4 is 5.32 Å². The number of hydrogen-bond donors (Lipinski definition) is 1. The number of methoxy groups -OCH3 is 1. The Balaban J connectivity index is 2.13. The first-order chi connectivity index (χ1) is 9.13. The molecule has 0 bridgehead atoms. The van der Waals surface area contributed by atoms with Crippen molar-refractivity contribution in [2.45, 2.75) is 19.5 Å². The highest BCUT2D eigenvalue weighted by Gasteiger charge is 2.32. The maximum Gasteiger partial charge on any atom is 0.307 e. The van der Waals surface area contributed by atoms with E-state index in [1.807, 2.05) is 31.2 Å². The number of amides is 1. The van der Waals surface area contributed by atoms with Gasteiger partial charge in [0.05, 0.1) is 20.1 Å². The maximum absolute atomic E-state index is 11.9. The lowest BCUT2D eigenvalue weighted by Crippen LogP contribution is -2.32. The van der Waals surface area contributed by atoms with Crippen LogP contribution in [0.15, 0.2) is 24.3 Å². The van der Waals surface area contributed by atoms with E-state index in [0.29, 0.717) is 13.1 Å². The molecule has 1 heterocycles. The zero-order valence-electron chi connectivity index (χ0n) is 11.2. The molecule has 1 fully saturated rings. The number of nitrogens with zero attached hydrogens (tertiary/aromatic N) is 1. The summed E-state index contributed by atoms with van der Waals surface area (Å²) in [5.41, 5.74) is 2.19. The van der Waals surface area contributed by atoms with Crippen molar-refractivity contribution in [3.63, 3.8) is 0 Å². The van der Waals surface area contributed by atoms with E-state index in [4.69, 9.17) is 0 Å². The molecule has 1 amide bonds. The molecule has 0 radical (unpaired) electrons. The van der Waals surface area contributed by atoms with Crippen LogP contribution in [0, 0.1) is 6.92 Å². The Morgan fingerprint density at radius 1 is 1.47 bits per heavy atom. The lowest BCUT2D eigenvalue weighted by atomic mass is 10.1. The number of ether oxygens (including phenoxy) is 1. The van der Waals surface area contributed by atoms with E-state index in [9.17, 15) is 9.59 Å². The van der Waals surface area contributed by atoms with Gasteiger partial charge in [0, 0.05) is 6.54 Å². The fourth-order valence-electron chi connectivity index (χ4n) is 2.28. The molecule has 102 valence electrons. The predicted molar refractivity (Wildman–Crippen MR) is 70.3 cm³/mol. The number of carbonyl (C=O) groups is 2. The topological polar surface area (TPSA) is 58.6 Å². The van der Waals surface area contributed by atoms with Crippen LogP contribution in [0.4, 0.5) is 0 Å². The first-order valence-corrected chi connectivity index (χ1v) is 6.28. The fraction of sp³-hybridized carbons (Fsp3) is 0.429. The Bertz CT molecular complexity index is 487. The highest BCUT2D eigenvalue weighted by atomic mass is 16.5. The summed E-state index contributed by atoms with van der Waals surface area (Å²) < 4.78 is 4.61. The average Bonchev–Trinajstić information content (AvgIpc) is 2.78. The van der Waals surface area contributed by atoms with Gasteiger partial charge in [-0.2, -0.15) is 0 Å². The van der Waals surface area contributed by atoms with E-state index in [1.165, 1.54) is 7.11 Å². The molecule has 5 heteroatoms. The number of hydrogen-bond acceptors (Lipinski definition) is 4. The minimum atomic E-state index is -0.303. The standard InChI is InChI=1S/C14H18N2O3/c1-10-5-3-4-6-11(10)14-15-9-12(17)16(14)8-7-13(18)19-2/h3-6,14-15H,7-9H2,1-2H3. The summed E-state index contributed by atoms with van der Waals surface area (Å²) in [5, 5.41) is 3.18. The van der Waals surface area contributed by atoms with E-state index in [2.05, 4.69) is 10.1 Å². The summed E-state index contributed by atoms with van der Waals surface area (Å²) in [6.07, 6.45) is 0.0603. The minimum absolute atomic E-state index is 0.0113. The quantitative estimate of drug-likeness (QED) is 0.822. The maximum atomic E-state index is 11.9. The summed E-state index contributed by atoms with van der Waals surface area (Å²) in [4.78, 5) is 24.8. The number of esters is 1. The van der Waals surface area contributed by atoms with Gasteiger partial charge in [-0.3, -0.25) is 14.9 Å². The first kappa shape index (κ1) is 13.5. The van der Waals surface area contributed by atoms with Crippen molar-refractivity contribution in [3.8, 4) is 0 Å². The Morgan fingerprint density at radius 2 is 2.21 bits per heavy atom. The molecule has 1 aliphatic heterocycles. The molecule has 5 nitrogen and oxygen atoms in total. The molecule has 1 unspecified atom stereocenters. The van der Waals surface area contributed by atoms with Crippen LogP contribution in [0.1, 0.15) is 23.7 Å². The zero-order valence-corrected chi connectivity index (χ0v) is 11.2. The van der Waals surface area contributed by atoms with E-state index in [0.717, 1.165) is 11.1 Å². The molecule has 1 aromatic carbocycles. The molecule has 19 heavy (non-hydrogen) atoms. The number of benzene rings is 1. The van der Waals surface area contributed by atoms with Gasteiger partial charge in [-0.05, 0) is 18.1 Å². The van der Waals surface area contributed by atoms with Gasteiger partial charge in [-0.15, -0.1) is 0 Å². The Labute approximate surface area is 112 Å². The fourth-order valence-corrected chi connectivity index (χ4v) is 2.28. The van der Waals surface area contributed by atoms with Gasteiger partial charge in [0.2, 0.25) is 5.91 Å². The van der Waals surface area contributed by atoms with Crippen LogP contribution in [0.2, 0.25) is 0 Å². The number of carbonyl (C=O) groups excluding carboxylic acids is 2. The van der Waals surface area contributed by atoms with Gasteiger partial charge >= 0.3 is 5.97 Å². The van der Waals surface area contributed by atoms with E-state index < -0.39 is 0 Å². The number of nitrogens with one attached hydrogen (secondary N) is 1. The average molecular weight is 262 g/mol. The Hall–Kier alpha value is -1.88. The van der Waals surface area contributed by atoms with Gasteiger partial charge in [0.25, 0.3) is 0 Å². The normalized spacial score (nSPS) is 18.7. The lowest BCUT2D eigenvalue weighted by Gasteiger charge is -2.25. The molecule has 0 aliphatic carbocycles. The van der Waals surface area contributed by atoms with Gasteiger partial charge in [0.1, 0.15) is 6.17 Å². The van der Waals surface area contributed by atoms with Crippen molar-refractivity contribution in [2.24, 2.45) is 0 Å². The second-order valence-electron chi connectivity index (χ2n) is 4.55. The van der Waals surface area contributed by atoms with Gasteiger partial charge in [-0.25, -0.2) is 0 Å². The molecule has 1 saturated heterocycles. The molecule has 1 aromatic rings. The third-order valence-electron chi connectivity index (χ3n) is 3.35. The van der Waals surface area contributed by atoms with E-state index >= 15 is 0 Å². The van der Waals surface area contributed by atoms with Crippen LogP contribution in [0.5, 0.6) is 0 Å². The van der Waals surface area contributed by atoms with Gasteiger partial charge < -0.3 is 9.64 Å². The molecule has 0 saturated carbocycles.